The molecule has 3 rings (SSSR count). The fourth-order valence-corrected chi connectivity index (χ4v) is 4.91. The largest absolute Gasteiger partial charge is 0.477 e. The van der Waals surface area contributed by atoms with Gasteiger partial charge in [0.05, 0.1) is 19.3 Å². The van der Waals surface area contributed by atoms with Gasteiger partial charge < -0.3 is 15.2 Å². The number of carbonyl (C=O) groups excluding carboxylic acids is 3. The maximum absolute atomic E-state index is 12.5. The number of methoxy groups -OCH3 is 1. The van der Waals surface area contributed by atoms with E-state index in [1.165, 1.54) is 30.6 Å². The lowest BCUT2D eigenvalue weighted by Crippen LogP contribution is -2.70. The zero-order valence-electron chi connectivity index (χ0n) is 14.8. The highest BCUT2D eigenvalue weighted by Gasteiger charge is 2.54. The molecule has 1 fully saturated rings. The van der Waals surface area contributed by atoms with Crippen molar-refractivity contribution in [3.63, 3.8) is 0 Å². The number of rotatable bonds is 7. The molecule has 2 N–H and O–H groups in total. The summed E-state index contributed by atoms with van der Waals surface area (Å²) in [4.78, 5) is 53.7. The van der Waals surface area contributed by atoms with E-state index in [1.54, 1.807) is 24.5 Å². The highest BCUT2D eigenvalue weighted by molar-refractivity contribution is 8.00. The van der Waals surface area contributed by atoms with Gasteiger partial charge in [-0.1, -0.05) is 0 Å². The lowest BCUT2D eigenvalue weighted by Gasteiger charge is -2.49. The number of amides is 2. The first-order chi connectivity index (χ1) is 13.4. The average Bonchev–Trinajstić information content (AvgIpc) is 2.70. The number of carbonyl (C=O) groups is 4. The summed E-state index contributed by atoms with van der Waals surface area (Å²) in [5.74, 6) is -2.28. The molecule has 2 atom stereocenters. The number of β-lactam (4-membered cyclic amide) rings is 1. The minimum atomic E-state index is -1.28. The van der Waals surface area contributed by atoms with Crippen molar-refractivity contribution in [3.8, 4) is 0 Å². The summed E-state index contributed by atoms with van der Waals surface area (Å²) in [5, 5.41) is 11.7. The van der Waals surface area contributed by atoms with E-state index in [0.29, 0.717) is 5.57 Å². The van der Waals surface area contributed by atoms with Crippen LogP contribution in [0.1, 0.15) is 6.42 Å². The molecule has 2 amide bonds. The number of ether oxygens (including phenoxy) is 1. The number of carboxylic acids is 1. The number of aromatic nitrogens is 1. The van der Waals surface area contributed by atoms with E-state index in [0.717, 1.165) is 9.80 Å². The molecule has 1 aromatic heterocycles. The van der Waals surface area contributed by atoms with Crippen LogP contribution in [0.25, 0.3) is 0 Å². The molecule has 0 bridgehead atoms. The Morgan fingerprint density at radius 1 is 1.39 bits per heavy atom. The number of aliphatic carboxylic acids is 1. The third-order valence-electron chi connectivity index (χ3n) is 4.17. The highest BCUT2D eigenvalue weighted by Crippen LogP contribution is 2.41. The van der Waals surface area contributed by atoms with Crippen molar-refractivity contribution < 1.29 is 29.0 Å². The lowest BCUT2D eigenvalue weighted by atomic mass is 10.0. The molecular formula is C17H17N3O6S2. The van der Waals surface area contributed by atoms with Crippen LogP contribution in [0.4, 0.5) is 0 Å². The predicted molar refractivity (Wildman–Crippen MR) is 101 cm³/mol. The fourth-order valence-electron chi connectivity index (χ4n) is 2.86. The van der Waals surface area contributed by atoms with Crippen LogP contribution in [0.15, 0.2) is 40.7 Å². The van der Waals surface area contributed by atoms with Crippen molar-refractivity contribution in [1.82, 2.24) is 15.2 Å². The Kier molecular flexibility index (Phi) is 6.25. The van der Waals surface area contributed by atoms with Crippen LogP contribution < -0.4 is 5.32 Å². The van der Waals surface area contributed by atoms with E-state index in [2.05, 4.69) is 15.0 Å². The quantitative estimate of drug-likeness (QED) is 0.366. The summed E-state index contributed by atoms with van der Waals surface area (Å²) in [6, 6.07) is 2.76. The molecular weight excluding hydrogens is 406 g/mol. The maximum atomic E-state index is 12.5. The summed E-state index contributed by atoms with van der Waals surface area (Å²) >= 11 is 2.62. The summed E-state index contributed by atoms with van der Waals surface area (Å²) in [5.41, 5.74) is 0.128. The van der Waals surface area contributed by atoms with Gasteiger partial charge in [0.2, 0.25) is 5.91 Å². The number of pyridine rings is 1. The Bertz CT molecular complexity index is 845. The van der Waals surface area contributed by atoms with Crippen LogP contribution in [0.3, 0.4) is 0 Å². The fraction of sp³-hybridized carbons (Fsp3) is 0.353. The molecule has 0 saturated carbocycles. The Hall–Kier alpha value is -2.53. The van der Waals surface area contributed by atoms with Crippen molar-refractivity contribution in [3.05, 3.63) is 35.8 Å². The van der Waals surface area contributed by atoms with Gasteiger partial charge in [-0.25, -0.2) is 4.79 Å². The van der Waals surface area contributed by atoms with Crippen molar-refractivity contribution >= 4 is 47.3 Å². The summed E-state index contributed by atoms with van der Waals surface area (Å²) in [7, 11) is 1.21. The number of nitrogens with one attached hydrogen (secondary N) is 1. The second-order valence-electron chi connectivity index (χ2n) is 5.94. The minimum absolute atomic E-state index is 0.125. The van der Waals surface area contributed by atoms with Gasteiger partial charge in [0, 0.05) is 23.0 Å². The molecule has 28 heavy (non-hydrogen) atoms. The highest BCUT2D eigenvalue weighted by atomic mass is 32.2. The van der Waals surface area contributed by atoms with Crippen LogP contribution in [-0.2, 0) is 23.9 Å². The molecule has 148 valence electrons. The van der Waals surface area contributed by atoms with Gasteiger partial charge >= 0.3 is 11.9 Å². The number of esters is 1. The molecule has 2 aliphatic heterocycles. The first-order valence-corrected chi connectivity index (χ1v) is 10.2. The van der Waals surface area contributed by atoms with E-state index < -0.39 is 29.3 Å². The number of nitrogens with zero attached hydrogens (tertiary/aromatic N) is 2. The second kappa shape index (κ2) is 8.65. The molecule has 11 heteroatoms. The molecule has 3 heterocycles. The zero-order valence-corrected chi connectivity index (χ0v) is 16.4. The van der Waals surface area contributed by atoms with Crippen LogP contribution in [0.5, 0.6) is 0 Å². The average molecular weight is 423 g/mol. The van der Waals surface area contributed by atoms with Crippen LogP contribution in [0, 0.1) is 0 Å². The molecule has 1 aromatic rings. The van der Waals surface area contributed by atoms with Crippen LogP contribution in [-0.4, -0.2) is 68.8 Å². The molecule has 9 nitrogen and oxygen atoms in total. The number of hydrogen-bond donors (Lipinski definition) is 2. The predicted octanol–water partition coefficient (Wildman–Crippen LogP) is 0.475. The monoisotopic (exact) mass is 423 g/mol. The molecule has 2 aliphatic rings. The van der Waals surface area contributed by atoms with Gasteiger partial charge in [0.15, 0.2) is 0 Å². The topological polar surface area (TPSA) is 126 Å². The van der Waals surface area contributed by atoms with Gasteiger partial charge in [-0.3, -0.25) is 24.3 Å². The lowest BCUT2D eigenvalue weighted by molar-refractivity contribution is -0.150. The molecule has 0 radical (unpaired) electrons. The van der Waals surface area contributed by atoms with Crippen molar-refractivity contribution in [2.24, 2.45) is 0 Å². The van der Waals surface area contributed by atoms with Crippen molar-refractivity contribution in [2.45, 2.75) is 22.7 Å². The van der Waals surface area contributed by atoms with Crippen molar-refractivity contribution in [2.75, 3.05) is 18.6 Å². The van der Waals surface area contributed by atoms with E-state index >= 15 is 0 Å². The molecule has 0 aromatic carbocycles. The molecule has 0 spiro atoms. The Balaban J connectivity index is 1.64. The maximum Gasteiger partial charge on any atom is 0.352 e. The van der Waals surface area contributed by atoms with Crippen LogP contribution in [0.2, 0.25) is 0 Å². The van der Waals surface area contributed by atoms with Crippen molar-refractivity contribution in [1.29, 1.82) is 0 Å². The SMILES string of the molecule is COC(=O)CC1=C(C(=O)O)N2C(=O)C(NC(=O)CSc3ccncc3)C2SC1. The third kappa shape index (κ3) is 4.14. The van der Waals surface area contributed by atoms with E-state index in [1.807, 2.05) is 0 Å². The molecule has 2 unspecified atom stereocenters. The van der Waals surface area contributed by atoms with Gasteiger partial charge in [-0.2, -0.15) is 0 Å². The molecule has 0 aliphatic carbocycles. The number of hydrogen-bond acceptors (Lipinski definition) is 8. The normalized spacial score (nSPS) is 20.9. The second-order valence-corrected chi connectivity index (χ2v) is 8.09. The Morgan fingerprint density at radius 3 is 2.75 bits per heavy atom. The van der Waals surface area contributed by atoms with Gasteiger partial charge in [-0.15, -0.1) is 23.5 Å². The first-order valence-electron chi connectivity index (χ1n) is 8.21. The first kappa shape index (κ1) is 20.2. The number of thioether (sulfide) groups is 2. The standard InChI is InChI=1S/C17H17N3O6S2/c1-26-12(22)6-9-7-28-16-13(15(23)20(16)14(9)17(24)25)19-11(21)8-27-10-2-4-18-5-3-10/h2-5,13,16H,6-8H2,1H3,(H,19,21)(H,24,25). The summed E-state index contributed by atoms with van der Waals surface area (Å²) in [6.07, 6.45) is 3.05. The Labute approximate surface area is 168 Å². The van der Waals surface area contributed by atoms with Crippen LogP contribution >= 0.6 is 23.5 Å². The van der Waals surface area contributed by atoms with E-state index in [-0.39, 0.29) is 29.5 Å². The van der Waals surface area contributed by atoms with E-state index in [9.17, 15) is 24.3 Å². The third-order valence-corrected chi connectivity index (χ3v) is 6.52. The molecule has 1 saturated heterocycles. The minimum Gasteiger partial charge on any atom is -0.477 e. The summed E-state index contributed by atoms with van der Waals surface area (Å²) < 4.78 is 4.58. The Morgan fingerprint density at radius 2 is 2.11 bits per heavy atom. The number of fused-ring (bicyclic) bond motifs is 1. The zero-order chi connectivity index (χ0) is 20.3. The van der Waals surface area contributed by atoms with Gasteiger partial charge in [0.1, 0.15) is 17.1 Å². The van der Waals surface area contributed by atoms with Gasteiger partial charge in [-0.05, 0) is 17.7 Å². The van der Waals surface area contributed by atoms with Gasteiger partial charge in [0.25, 0.3) is 5.91 Å². The smallest absolute Gasteiger partial charge is 0.352 e. The van der Waals surface area contributed by atoms with E-state index in [4.69, 9.17) is 0 Å². The summed E-state index contributed by atoms with van der Waals surface area (Å²) in [6.45, 7) is 0. The number of carboxylic acid groups (broad SMARTS) is 1.